The molecule has 1 aromatic heterocycles. The number of nitrogens with two attached hydrogens (primary N) is 1. The molecule has 1 aliphatic rings. The van der Waals surface area contributed by atoms with E-state index in [1.807, 2.05) is 31.2 Å². The molecule has 0 radical (unpaired) electrons. The monoisotopic (exact) mass is 386 g/mol. The molecule has 1 fully saturated rings. The molecule has 9 heteroatoms. The van der Waals surface area contributed by atoms with Crippen LogP contribution in [0.25, 0.3) is 0 Å². The maximum atomic E-state index is 12.0. The summed E-state index contributed by atoms with van der Waals surface area (Å²) in [4.78, 5) is 27.0. The van der Waals surface area contributed by atoms with Crippen molar-refractivity contribution in [3.05, 3.63) is 30.1 Å². The van der Waals surface area contributed by atoms with Crippen LogP contribution in [0.4, 0.5) is 17.6 Å². The van der Waals surface area contributed by atoms with Gasteiger partial charge in [-0.1, -0.05) is 6.07 Å². The molecule has 3 N–H and O–H groups in total. The zero-order chi connectivity index (χ0) is 19.9. The number of piperidine rings is 1. The first kappa shape index (κ1) is 19.8. The van der Waals surface area contributed by atoms with Crippen LogP contribution >= 0.6 is 0 Å². The second-order valence-electron chi connectivity index (χ2n) is 6.62. The Balaban J connectivity index is 1.68. The number of nitrogen functional groups attached to an aromatic ring is 1. The van der Waals surface area contributed by atoms with Crippen molar-refractivity contribution in [1.82, 2.24) is 19.9 Å². The number of ether oxygens (including phenoxy) is 2. The lowest BCUT2D eigenvalue weighted by Crippen LogP contribution is -2.39. The third-order valence-electron chi connectivity index (χ3n) is 4.52. The third-order valence-corrected chi connectivity index (χ3v) is 4.52. The molecule has 28 heavy (non-hydrogen) atoms. The van der Waals surface area contributed by atoms with Gasteiger partial charge in [-0.15, -0.1) is 0 Å². The van der Waals surface area contributed by atoms with Gasteiger partial charge in [-0.05, 0) is 38.4 Å². The summed E-state index contributed by atoms with van der Waals surface area (Å²) in [6, 6.07) is 7.45. The molecule has 1 unspecified atom stereocenters. The van der Waals surface area contributed by atoms with Gasteiger partial charge in [0.1, 0.15) is 11.6 Å². The van der Waals surface area contributed by atoms with Crippen LogP contribution in [0.3, 0.4) is 0 Å². The summed E-state index contributed by atoms with van der Waals surface area (Å²) in [7, 11) is 1.61. The highest BCUT2D eigenvalue weighted by Crippen LogP contribution is 2.21. The molecule has 2 aromatic rings. The Hall–Kier alpha value is -2.94. The minimum atomic E-state index is -0.136. The van der Waals surface area contributed by atoms with Gasteiger partial charge in [0.05, 0.1) is 26.2 Å². The Kier molecular flexibility index (Phi) is 6.59. The van der Waals surface area contributed by atoms with Crippen molar-refractivity contribution in [1.29, 1.82) is 0 Å². The summed E-state index contributed by atoms with van der Waals surface area (Å²) in [5.74, 6) is 1.56. The largest absolute Gasteiger partial charge is 0.497 e. The Morgan fingerprint density at radius 1 is 1.36 bits per heavy atom. The average molecular weight is 386 g/mol. The first-order valence-electron chi connectivity index (χ1n) is 9.38. The SMILES string of the molecule is CCOC(=O)C1CCCN(Cc2nc(N)nc(Nc3cccc(OC)c3)n2)C1. The number of methoxy groups -OCH3 is 1. The van der Waals surface area contributed by atoms with Crippen LogP contribution in [0.15, 0.2) is 24.3 Å². The molecule has 0 spiro atoms. The van der Waals surface area contributed by atoms with Crippen LogP contribution in [0.1, 0.15) is 25.6 Å². The molecule has 1 aromatic carbocycles. The normalized spacial score (nSPS) is 17.1. The third kappa shape index (κ3) is 5.29. The maximum Gasteiger partial charge on any atom is 0.310 e. The topological polar surface area (TPSA) is 115 Å². The lowest BCUT2D eigenvalue weighted by molar-refractivity contribution is -0.150. The van der Waals surface area contributed by atoms with Gasteiger partial charge in [0.2, 0.25) is 11.9 Å². The molecule has 3 rings (SSSR count). The Labute approximate surface area is 164 Å². The van der Waals surface area contributed by atoms with Crippen LogP contribution in [0, 0.1) is 5.92 Å². The van der Waals surface area contributed by atoms with E-state index < -0.39 is 0 Å². The fourth-order valence-electron chi connectivity index (χ4n) is 3.25. The van der Waals surface area contributed by atoms with E-state index in [2.05, 4.69) is 25.2 Å². The predicted molar refractivity (Wildman–Crippen MR) is 105 cm³/mol. The standard InChI is InChI=1S/C19H26N6O3/c1-3-28-17(26)13-6-5-9-25(11-13)12-16-22-18(20)24-19(23-16)21-14-7-4-8-15(10-14)27-2/h4,7-8,10,13H,3,5-6,9,11-12H2,1-2H3,(H3,20,21,22,23,24). The smallest absolute Gasteiger partial charge is 0.310 e. The van der Waals surface area contributed by atoms with Gasteiger partial charge >= 0.3 is 5.97 Å². The first-order valence-corrected chi connectivity index (χ1v) is 9.38. The van der Waals surface area contributed by atoms with Crippen LogP contribution < -0.4 is 15.8 Å². The molecule has 0 saturated carbocycles. The molecule has 9 nitrogen and oxygen atoms in total. The number of nitrogens with zero attached hydrogens (tertiary/aromatic N) is 4. The van der Waals surface area contributed by atoms with Crippen LogP contribution in [0.5, 0.6) is 5.75 Å². The lowest BCUT2D eigenvalue weighted by atomic mass is 9.98. The molecule has 1 aliphatic heterocycles. The molecule has 2 heterocycles. The quantitative estimate of drug-likeness (QED) is 0.689. The Bertz CT molecular complexity index is 816. The average Bonchev–Trinajstić information content (AvgIpc) is 2.68. The lowest BCUT2D eigenvalue weighted by Gasteiger charge is -2.30. The fourth-order valence-corrected chi connectivity index (χ4v) is 3.25. The molecule has 0 aliphatic carbocycles. The van der Waals surface area contributed by atoms with E-state index in [4.69, 9.17) is 15.2 Å². The van der Waals surface area contributed by atoms with Gasteiger partial charge in [0, 0.05) is 18.3 Å². The van der Waals surface area contributed by atoms with Crippen LogP contribution in [-0.2, 0) is 16.1 Å². The second kappa shape index (κ2) is 9.32. The summed E-state index contributed by atoms with van der Waals surface area (Å²) in [6.07, 6.45) is 1.77. The molecule has 0 amide bonds. The van der Waals surface area contributed by atoms with E-state index in [9.17, 15) is 4.79 Å². The first-order chi connectivity index (χ1) is 13.6. The van der Waals surface area contributed by atoms with E-state index in [1.165, 1.54) is 0 Å². The summed E-state index contributed by atoms with van der Waals surface area (Å²) in [5.41, 5.74) is 6.66. The van der Waals surface area contributed by atoms with E-state index in [0.717, 1.165) is 30.8 Å². The van der Waals surface area contributed by atoms with Gasteiger partial charge in [0.15, 0.2) is 0 Å². The summed E-state index contributed by atoms with van der Waals surface area (Å²) in [5, 5.41) is 3.13. The maximum absolute atomic E-state index is 12.0. The van der Waals surface area contributed by atoms with Crippen molar-refractivity contribution in [2.24, 2.45) is 5.92 Å². The summed E-state index contributed by atoms with van der Waals surface area (Å²) < 4.78 is 10.4. The fraction of sp³-hybridized carbons (Fsp3) is 0.474. The number of anilines is 3. The van der Waals surface area contributed by atoms with Crippen molar-refractivity contribution in [3.63, 3.8) is 0 Å². The van der Waals surface area contributed by atoms with E-state index >= 15 is 0 Å². The van der Waals surface area contributed by atoms with Crippen LogP contribution in [-0.4, -0.2) is 52.6 Å². The molecule has 150 valence electrons. The number of carbonyl (C=O) groups is 1. The minimum absolute atomic E-state index is 0.109. The van der Waals surface area contributed by atoms with Crippen molar-refractivity contribution >= 4 is 23.6 Å². The minimum Gasteiger partial charge on any atom is -0.497 e. The number of rotatable bonds is 7. The number of likely N-dealkylation sites (tertiary alicyclic amines) is 1. The molecule has 1 saturated heterocycles. The number of esters is 1. The molecular formula is C19H26N6O3. The van der Waals surface area contributed by atoms with Crippen molar-refractivity contribution in [3.8, 4) is 5.75 Å². The van der Waals surface area contributed by atoms with Crippen LogP contribution in [0.2, 0.25) is 0 Å². The Morgan fingerprint density at radius 3 is 3.00 bits per heavy atom. The number of hydrogen-bond acceptors (Lipinski definition) is 9. The summed E-state index contributed by atoms with van der Waals surface area (Å²) >= 11 is 0. The number of nitrogens with one attached hydrogen (secondary N) is 1. The second-order valence-corrected chi connectivity index (χ2v) is 6.62. The van der Waals surface area contributed by atoms with Gasteiger partial charge in [0.25, 0.3) is 0 Å². The molecule has 0 bridgehead atoms. The number of benzene rings is 1. The van der Waals surface area contributed by atoms with E-state index in [0.29, 0.717) is 31.5 Å². The summed E-state index contributed by atoms with van der Waals surface area (Å²) in [6.45, 7) is 4.22. The van der Waals surface area contributed by atoms with Crippen molar-refractivity contribution in [2.45, 2.75) is 26.3 Å². The zero-order valence-corrected chi connectivity index (χ0v) is 16.2. The molecular weight excluding hydrogens is 360 g/mol. The zero-order valence-electron chi connectivity index (χ0n) is 16.2. The van der Waals surface area contributed by atoms with E-state index in [1.54, 1.807) is 7.11 Å². The van der Waals surface area contributed by atoms with Gasteiger partial charge < -0.3 is 20.5 Å². The number of aromatic nitrogens is 3. The van der Waals surface area contributed by atoms with E-state index in [-0.39, 0.29) is 17.8 Å². The highest BCUT2D eigenvalue weighted by molar-refractivity contribution is 5.72. The molecule has 1 atom stereocenters. The van der Waals surface area contributed by atoms with Gasteiger partial charge in [-0.2, -0.15) is 15.0 Å². The highest BCUT2D eigenvalue weighted by atomic mass is 16.5. The highest BCUT2D eigenvalue weighted by Gasteiger charge is 2.27. The van der Waals surface area contributed by atoms with Gasteiger partial charge in [-0.25, -0.2) is 0 Å². The predicted octanol–water partition coefficient (Wildman–Crippen LogP) is 1.98. The number of carbonyl (C=O) groups excluding carboxylic acids is 1. The number of hydrogen-bond donors (Lipinski definition) is 2. The van der Waals surface area contributed by atoms with Crippen molar-refractivity contribution in [2.75, 3.05) is 37.9 Å². The Morgan fingerprint density at radius 2 is 2.21 bits per heavy atom. The van der Waals surface area contributed by atoms with Gasteiger partial charge in [-0.3, -0.25) is 9.69 Å². The van der Waals surface area contributed by atoms with Crippen molar-refractivity contribution < 1.29 is 14.3 Å².